The highest BCUT2D eigenvalue weighted by Crippen LogP contribution is 2.22. The summed E-state index contributed by atoms with van der Waals surface area (Å²) in [6.45, 7) is 3.47. The summed E-state index contributed by atoms with van der Waals surface area (Å²) in [4.78, 5) is 14.2. The van der Waals surface area contributed by atoms with Crippen LogP contribution in [0.15, 0.2) is 42.5 Å². The Balaban J connectivity index is 2.16. The summed E-state index contributed by atoms with van der Waals surface area (Å²) >= 11 is 0. The van der Waals surface area contributed by atoms with E-state index in [9.17, 15) is 4.79 Å². The van der Waals surface area contributed by atoms with E-state index in [0.29, 0.717) is 6.61 Å². The van der Waals surface area contributed by atoms with E-state index < -0.39 is 0 Å². The summed E-state index contributed by atoms with van der Waals surface area (Å²) in [5.41, 5.74) is 0.948. The maximum absolute atomic E-state index is 12.4. The predicted molar refractivity (Wildman–Crippen MR) is 77.2 cm³/mol. The van der Waals surface area contributed by atoms with Crippen LogP contribution >= 0.6 is 0 Å². The fraction of sp³-hybridized carbons (Fsp3) is 0.438. The van der Waals surface area contributed by atoms with Crippen molar-refractivity contribution in [3.05, 3.63) is 42.5 Å². The summed E-state index contributed by atoms with van der Waals surface area (Å²) in [5, 5.41) is 0. The third-order valence-corrected chi connectivity index (χ3v) is 3.26. The van der Waals surface area contributed by atoms with Gasteiger partial charge >= 0.3 is 0 Å². The number of hydrogen-bond donors (Lipinski definition) is 0. The second-order valence-corrected chi connectivity index (χ2v) is 4.75. The third kappa shape index (κ3) is 3.67. The van der Waals surface area contributed by atoms with Gasteiger partial charge in [-0.2, -0.15) is 0 Å². The number of amides is 1. The minimum Gasteiger partial charge on any atom is -0.379 e. The number of anilines is 1. The van der Waals surface area contributed by atoms with Gasteiger partial charge in [0.05, 0.1) is 12.6 Å². The van der Waals surface area contributed by atoms with Crippen LogP contribution in [-0.4, -0.2) is 25.2 Å². The molecule has 0 radical (unpaired) electrons. The molecule has 1 aromatic rings. The third-order valence-electron chi connectivity index (χ3n) is 3.26. The molecule has 1 fully saturated rings. The van der Waals surface area contributed by atoms with Crippen molar-refractivity contribution in [3.63, 3.8) is 0 Å². The largest absolute Gasteiger partial charge is 0.379 e. The Morgan fingerprint density at radius 3 is 2.84 bits per heavy atom. The molecule has 1 aliphatic heterocycles. The van der Waals surface area contributed by atoms with Crippen molar-refractivity contribution in [1.82, 2.24) is 0 Å². The standard InChI is InChI=1S/C16H21NO2/c1-2-3-5-10-16(18)17(15-11-12-19-13-15)14-8-6-4-7-9-14/h4-10,15H,2-3,11-13H2,1H3. The Kier molecular flexibility index (Phi) is 5.16. The minimum absolute atomic E-state index is 0.0511. The van der Waals surface area contributed by atoms with Crippen molar-refractivity contribution in [2.45, 2.75) is 32.2 Å². The molecule has 1 amide bonds. The number of carbonyl (C=O) groups excluding carboxylic acids is 1. The number of hydrogen-bond acceptors (Lipinski definition) is 2. The summed E-state index contributed by atoms with van der Waals surface area (Å²) in [5.74, 6) is 0.0511. The first-order chi connectivity index (χ1) is 9.33. The second kappa shape index (κ2) is 7.10. The average Bonchev–Trinajstić information content (AvgIpc) is 2.94. The molecule has 1 aliphatic rings. The van der Waals surface area contributed by atoms with Gasteiger partial charge in [-0.15, -0.1) is 0 Å². The van der Waals surface area contributed by atoms with Crippen LogP contribution in [0.1, 0.15) is 26.2 Å². The number of para-hydroxylation sites is 1. The van der Waals surface area contributed by atoms with Gasteiger partial charge in [0.2, 0.25) is 0 Å². The van der Waals surface area contributed by atoms with Crippen LogP contribution in [0.2, 0.25) is 0 Å². The highest BCUT2D eigenvalue weighted by molar-refractivity contribution is 6.01. The van der Waals surface area contributed by atoms with Gasteiger partial charge in [0, 0.05) is 12.3 Å². The molecule has 102 valence electrons. The van der Waals surface area contributed by atoms with E-state index in [1.54, 1.807) is 6.08 Å². The van der Waals surface area contributed by atoms with E-state index in [2.05, 4.69) is 6.92 Å². The summed E-state index contributed by atoms with van der Waals surface area (Å²) in [7, 11) is 0. The topological polar surface area (TPSA) is 29.5 Å². The van der Waals surface area contributed by atoms with Gasteiger partial charge < -0.3 is 9.64 Å². The van der Waals surface area contributed by atoms with Gasteiger partial charge in [-0.25, -0.2) is 0 Å². The molecule has 1 atom stereocenters. The van der Waals surface area contributed by atoms with Gasteiger partial charge in [-0.3, -0.25) is 4.79 Å². The molecule has 0 N–H and O–H groups in total. The Labute approximate surface area is 114 Å². The first-order valence-electron chi connectivity index (χ1n) is 6.95. The van der Waals surface area contributed by atoms with Crippen molar-refractivity contribution in [3.8, 4) is 0 Å². The molecule has 0 aromatic heterocycles. The number of carbonyl (C=O) groups is 1. The zero-order chi connectivity index (χ0) is 13.5. The van der Waals surface area contributed by atoms with Gasteiger partial charge in [-0.05, 0) is 31.1 Å². The van der Waals surface area contributed by atoms with Crippen molar-refractivity contribution in [2.24, 2.45) is 0 Å². The molecule has 1 aromatic carbocycles. The smallest absolute Gasteiger partial charge is 0.250 e. The average molecular weight is 259 g/mol. The lowest BCUT2D eigenvalue weighted by Crippen LogP contribution is -2.40. The van der Waals surface area contributed by atoms with Crippen LogP contribution < -0.4 is 4.90 Å². The van der Waals surface area contributed by atoms with Crippen LogP contribution in [0.4, 0.5) is 5.69 Å². The van der Waals surface area contributed by atoms with Crippen molar-refractivity contribution >= 4 is 11.6 Å². The van der Waals surface area contributed by atoms with Crippen molar-refractivity contribution < 1.29 is 9.53 Å². The molecule has 0 saturated carbocycles. The van der Waals surface area contributed by atoms with Crippen LogP contribution in [0.25, 0.3) is 0 Å². The molecule has 1 heterocycles. The van der Waals surface area contributed by atoms with E-state index in [0.717, 1.165) is 31.6 Å². The van der Waals surface area contributed by atoms with E-state index in [1.165, 1.54) is 0 Å². The van der Waals surface area contributed by atoms with Gasteiger partial charge in [0.15, 0.2) is 0 Å². The number of unbranched alkanes of at least 4 members (excludes halogenated alkanes) is 1. The highest BCUT2D eigenvalue weighted by Gasteiger charge is 2.27. The number of allylic oxidation sites excluding steroid dienone is 1. The minimum atomic E-state index is 0.0511. The number of benzene rings is 1. The van der Waals surface area contributed by atoms with Crippen LogP contribution in [0.3, 0.4) is 0 Å². The quantitative estimate of drug-likeness (QED) is 0.760. The first-order valence-corrected chi connectivity index (χ1v) is 6.95. The highest BCUT2D eigenvalue weighted by atomic mass is 16.5. The molecule has 3 heteroatoms. The van der Waals surface area contributed by atoms with Gasteiger partial charge in [0.25, 0.3) is 5.91 Å². The number of nitrogens with zero attached hydrogens (tertiary/aromatic N) is 1. The van der Waals surface area contributed by atoms with Crippen LogP contribution in [0, 0.1) is 0 Å². The lowest BCUT2D eigenvalue weighted by atomic mass is 10.1. The molecule has 3 nitrogen and oxygen atoms in total. The van der Waals surface area contributed by atoms with Gasteiger partial charge in [-0.1, -0.05) is 37.6 Å². The first kappa shape index (κ1) is 13.8. The monoisotopic (exact) mass is 259 g/mol. The lowest BCUT2D eigenvalue weighted by Gasteiger charge is -2.27. The Morgan fingerprint density at radius 1 is 1.42 bits per heavy atom. The van der Waals surface area contributed by atoms with Crippen molar-refractivity contribution in [1.29, 1.82) is 0 Å². The SMILES string of the molecule is CCCC=CC(=O)N(c1ccccc1)C1CCOC1. The summed E-state index contributed by atoms with van der Waals surface area (Å²) in [6.07, 6.45) is 6.54. The molecular weight excluding hydrogens is 238 g/mol. The maximum atomic E-state index is 12.4. The van der Waals surface area contributed by atoms with E-state index in [4.69, 9.17) is 4.74 Å². The lowest BCUT2D eigenvalue weighted by molar-refractivity contribution is -0.114. The van der Waals surface area contributed by atoms with E-state index in [-0.39, 0.29) is 11.9 Å². The Morgan fingerprint density at radius 2 is 2.21 bits per heavy atom. The predicted octanol–water partition coefficient (Wildman–Crippen LogP) is 3.16. The van der Waals surface area contributed by atoms with Crippen molar-refractivity contribution in [2.75, 3.05) is 18.1 Å². The molecule has 0 spiro atoms. The summed E-state index contributed by atoms with van der Waals surface area (Å²) < 4.78 is 5.42. The molecular formula is C16H21NO2. The molecule has 0 aliphatic carbocycles. The zero-order valence-corrected chi connectivity index (χ0v) is 11.4. The number of ether oxygens (including phenoxy) is 1. The number of rotatable bonds is 5. The summed E-state index contributed by atoms with van der Waals surface area (Å²) in [6, 6.07) is 9.99. The second-order valence-electron chi connectivity index (χ2n) is 4.75. The van der Waals surface area contributed by atoms with Crippen LogP contribution in [-0.2, 0) is 9.53 Å². The van der Waals surface area contributed by atoms with Crippen LogP contribution in [0.5, 0.6) is 0 Å². The van der Waals surface area contributed by atoms with E-state index >= 15 is 0 Å². The zero-order valence-electron chi connectivity index (χ0n) is 11.4. The van der Waals surface area contributed by atoms with E-state index in [1.807, 2.05) is 41.3 Å². The fourth-order valence-electron chi connectivity index (χ4n) is 2.26. The molecule has 1 saturated heterocycles. The Bertz CT molecular complexity index is 422. The Hall–Kier alpha value is -1.61. The fourth-order valence-corrected chi connectivity index (χ4v) is 2.26. The maximum Gasteiger partial charge on any atom is 0.250 e. The molecule has 0 bridgehead atoms. The molecule has 2 rings (SSSR count). The normalized spacial score (nSPS) is 18.9. The van der Waals surface area contributed by atoms with Gasteiger partial charge in [0.1, 0.15) is 0 Å². The molecule has 1 unspecified atom stereocenters. The molecule has 19 heavy (non-hydrogen) atoms.